The van der Waals surface area contributed by atoms with Crippen LogP contribution in [0.2, 0.25) is 0 Å². The minimum Gasteiger partial charge on any atom is -1.00 e. The molecule has 0 aliphatic carbocycles. The standard InChI is InChI=1S/2C5H8O2.3C2H4O2.4ClH.In.Sn.Zn/c2*1-4(6)3-5(2)7;3*1-2(3)4;;;;;;;/h2*3,6H,1-2H3;3*1H3,(H,3,4);4*1H;;;/q;;;;;;;;;+3;+4;+2/p-9/b2*4-3-;;;;;;;;;;. The van der Waals surface area contributed by atoms with Crippen molar-refractivity contribution in [2.75, 3.05) is 0 Å². The van der Waals surface area contributed by atoms with Gasteiger partial charge in [0.1, 0.15) is 0 Å². The first-order valence-electron chi connectivity index (χ1n) is 6.70. The summed E-state index contributed by atoms with van der Waals surface area (Å²) in [5, 5.41) is 46.6. The summed E-state index contributed by atoms with van der Waals surface area (Å²) >= 11 is 0. The third-order valence-electron chi connectivity index (χ3n) is 0.813. The van der Waals surface area contributed by atoms with Crippen molar-refractivity contribution < 1.29 is 119 Å². The molecule has 0 N–H and O–H groups in total. The van der Waals surface area contributed by atoms with Crippen molar-refractivity contribution in [1.29, 1.82) is 0 Å². The molecule has 0 aromatic carbocycles. The molecule has 0 aromatic heterocycles. The minimum absolute atomic E-state index is 0. The smallest absolute Gasteiger partial charge is 1.00 e. The molecule has 0 radical (unpaired) electrons. The van der Waals surface area contributed by atoms with Crippen molar-refractivity contribution in [3.05, 3.63) is 23.7 Å². The van der Waals surface area contributed by atoms with Crippen LogP contribution < -0.4 is 75.2 Å². The summed E-state index contributed by atoms with van der Waals surface area (Å²) in [6.45, 7) is 8.31. The Labute approximate surface area is 267 Å². The van der Waals surface area contributed by atoms with Crippen LogP contribution in [0.1, 0.15) is 48.5 Å². The fourth-order valence-electron chi connectivity index (χ4n) is 0.572. The number of hydrogen-bond acceptors (Lipinski definition) is 10. The Hall–Kier alpha value is 0.282. The average Bonchev–Trinajstić information content (AvgIpc) is 2.21. The van der Waals surface area contributed by atoms with Crippen molar-refractivity contribution in [2.45, 2.75) is 48.5 Å². The van der Waals surface area contributed by atoms with Crippen LogP contribution >= 0.6 is 0 Å². The molecule has 0 aliphatic rings. The fraction of sp³-hybridized carbons (Fsp3) is 0.438. The maximum absolute atomic E-state index is 9.98. The van der Waals surface area contributed by atoms with Gasteiger partial charge in [0.15, 0.2) is 11.6 Å². The zero-order valence-electron chi connectivity index (χ0n) is 19.0. The van der Waals surface area contributed by atoms with E-state index in [1.165, 1.54) is 27.7 Å². The van der Waals surface area contributed by atoms with Crippen LogP contribution in [0.15, 0.2) is 23.7 Å². The first-order valence-corrected chi connectivity index (χ1v) is 6.70. The summed E-state index contributed by atoms with van der Waals surface area (Å²) in [4.78, 5) is 46.6. The number of allylic oxidation sites excluding steroid dienone is 4. The second kappa shape index (κ2) is 58.3. The first kappa shape index (κ1) is 76.6. The van der Waals surface area contributed by atoms with Gasteiger partial charge in [-0.25, -0.2) is 0 Å². The molecule has 0 unspecified atom stereocenters. The number of ketones is 2. The van der Waals surface area contributed by atoms with E-state index in [0.717, 1.165) is 32.9 Å². The van der Waals surface area contributed by atoms with E-state index in [4.69, 9.17) is 29.7 Å². The van der Waals surface area contributed by atoms with E-state index >= 15 is 0 Å². The topological polar surface area (TPSA) is 201 Å². The van der Waals surface area contributed by atoms with Crippen molar-refractivity contribution in [1.82, 2.24) is 0 Å². The van der Waals surface area contributed by atoms with Gasteiger partial charge in [-0.05, 0) is 46.8 Å². The summed E-state index contributed by atoms with van der Waals surface area (Å²) in [7, 11) is 0. The van der Waals surface area contributed by atoms with Gasteiger partial charge in [0.25, 0.3) is 0 Å². The van der Waals surface area contributed by atoms with E-state index < -0.39 is 17.9 Å². The van der Waals surface area contributed by atoms with Crippen LogP contribution in [-0.4, -0.2) is 79.2 Å². The molecule has 0 aromatic rings. The Bertz CT molecular complexity index is 461. The van der Waals surface area contributed by atoms with Gasteiger partial charge in [-0.2, -0.15) is 0 Å². The number of aliphatic carboxylic acids is 3. The van der Waals surface area contributed by atoms with Gasteiger partial charge in [0, 0.05) is 17.9 Å². The molecule has 184 valence electrons. The number of carbonyl (C=O) groups is 5. The van der Waals surface area contributed by atoms with E-state index in [-0.39, 0.29) is 142 Å². The molecule has 0 fully saturated rings. The quantitative estimate of drug-likeness (QED) is 0.147. The van der Waals surface area contributed by atoms with E-state index in [9.17, 15) is 19.8 Å². The Morgan fingerprint density at radius 1 is 0.485 bits per heavy atom. The summed E-state index contributed by atoms with van der Waals surface area (Å²) in [5.41, 5.74) is 0. The number of halogens is 4. The van der Waals surface area contributed by atoms with Crippen LogP contribution in [0.5, 0.6) is 0 Å². The van der Waals surface area contributed by atoms with Gasteiger partial charge in [-0.3, -0.25) is 9.59 Å². The third-order valence-corrected chi connectivity index (χ3v) is 0.813. The molecule has 17 heteroatoms. The molecule has 0 rings (SSSR count). The molecule has 0 spiro atoms. The number of hydrogen-bond donors (Lipinski definition) is 0. The van der Waals surface area contributed by atoms with Crippen LogP contribution in [0.25, 0.3) is 0 Å². The molecule has 0 atom stereocenters. The van der Waals surface area contributed by atoms with Gasteiger partial charge in [0.2, 0.25) is 0 Å². The SMILES string of the molecule is CC(=O)/C=C(/C)[O-].CC(=O)/C=C(/C)[O-].CC(=O)[O-].CC(=O)[O-].CC(=O)[O-].[Cl-].[Cl-].[Cl-].[Cl-].[In+3].[Sn+4].[Zn+2]. The zero-order valence-corrected chi connectivity index (χ0v) is 31.2. The van der Waals surface area contributed by atoms with Crippen LogP contribution in [-0.2, 0) is 43.5 Å². The first-order chi connectivity index (χ1) is 11.4. The number of rotatable bonds is 2. The predicted molar refractivity (Wildman–Crippen MR) is 92.4 cm³/mol. The molecule has 10 nitrogen and oxygen atoms in total. The van der Waals surface area contributed by atoms with E-state index in [1.54, 1.807) is 0 Å². The number of carboxylic acids is 3. The van der Waals surface area contributed by atoms with E-state index in [1.807, 2.05) is 0 Å². The van der Waals surface area contributed by atoms with Gasteiger partial charge >= 0.3 is 69.2 Å². The number of carbonyl (C=O) groups excluding carboxylic acids is 5. The summed E-state index contributed by atoms with van der Waals surface area (Å²) in [6, 6.07) is 0. The van der Waals surface area contributed by atoms with E-state index in [0.29, 0.717) is 0 Å². The van der Waals surface area contributed by atoms with Gasteiger partial charge < -0.3 is 89.5 Å². The molecule has 0 saturated carbocycles. The Balaban J connectivity index is -0.0000000162. The van der Waals surface area contributed by atoms with E-state index in [2.05, 4.69) is 0 Å². The molecule has 33 heavy (non-hydrogen) atoms. The largest absolute Gasteiger partial charge is 4.00 e. The van der Waals surface area contributed by atoms with Gasteiger partial charge in [0.05, 0.1) is 0 Å². The van der Waals surface area contributed by atoms with Crippen LogP contribution in [0.3, 0.4) is 0 Å². The summed E-state index contributed by atoms with van der Waals surface area (Å²) < 4.78 is 0. The van der Waals surface area contributed by atoms with Gasteiger partial charge in [-0.1, -0.05) is 13.8 Å². The van der Waals surface area contributed by atoms with Crippen molar-refractivity contribution in [3.8, 4) is 0 Å². The monoisotopic (exact) mass is 814 g/mol. The second-order valence-corrected chi connectivity index (χ2v) is 4.21. The normalized spacial score (nSPS) is 7.12. The molecule has 0 amide bonds. The van der Waals surface area contributed by atoms with Crippen LogP contribution in [0, 0.1) is 0 Å². The molecule has 0 heterocycles. The molecule has 0 saturated heterocycles. The molecular weight excluding hydrogens is 793 g/mol. The number of carboxylic acid groups (broad SMARTS) is 3. The van der Waals surface area contributed by atoms with Crippen molar-refractivity contribution >= 4 is 79.2 Å². The second-order valence-electron chi connectivity index (χ2n) is 4.21. The predicted octanol–water partition coefficient (Wildman–Crippen LogP) is -16.8. The maximum atomic E-state index is 9.98. The zero-order chi connectivity index (χ0) is 22.5. The Morgan fingerprint density at radius 2 is 0.576 bits per heavy atom. The van der Waals surface area contributed by atoms with Crippen molar-refractivity contribution in [2.24, 2.45) is 0 Å². The van der Waals surface area contributed by atoms with Crippen molar-refractivity contribution in [3.63, 3.8) is 0 Å². The maximum Gasteiger partial charge on any atom is 4.00 e. The summed E-state index contributed by atoms with van der Waals surface area (Å²) in [5.74, 6) is -4.00. The van der Waals surface area contributed by atoms with Gasteiger partial charge in [-0.15, -0.1) is 11.5 Å². The fourth-order valence-corrected chi connectivity index (χ4v) is 0.572. The average molecular weight is 816 g/mol. The molecule has 0 aliphatic heterocycles. The summed E-state index contributed by atoms with van der Waals surface area (Å²) in [6.07, 6.45) is 2.11. The molecular formula is C16H23Cl4InO10SnZn. The Morgan fingerprint density at radius 3 is 0.576 bits per heavy atom. The minimum atomic E-state index is -1.08. The third kappa shape index (κ3) is 432. The van der Waals surface area contributed by atoms with Crippen LogP contribution in [0.4, 0.5) is 0 Å². The molecule has 0 bridgehead atoms. The Kier molecular flexibility index (Phi) is 135.